The van der Waals surface area contributed by atoms with Gasteiger partial charge in [0.2, 0.25) is 10.0 Å². The molecule has 1 N–H and O–H groups in total. The first-order valence-corrected chi connectivity index (χ1v) is 17.6. The number of fused-ring (bicyclic) bond motifs is 6. The largest absolute Gasteiger partial charge is 0.490 e. The molecule has 1 spiro atoms. The summed E-state index contributed by atoms with van der Waals surface area (Å²) in [5.74, 6) is 1.83. The van der Waals surface area contributed by atoms with Crippen molar-refractivity contribution < 1.29 is 22.7 Å². The van der Waals surface area contributed by atoms with Crippen molar-refractivity contribution in [3.63, 3.8) is 0 Å². The summed E-state index contributed by atoms with van der Waals surface area (Å²) in [6.07, 6.45) is 7.54. The number of methoxy groups -OCH3 is 1. The van der Waals surface area contributed by atoms with Crippen LogP contribution in [0.5, 0.6) is 5.75 Å². The summed E-state index contributed by atoms with van der Waals surface area (Å²) in [5.41, 5.74) is 3.58. The third kappa shape index (κ3) is 5.01. The monoisotopic (exact) mass is 612 g/mol. The van der Waals surface area contributed by atoms with Crippen molar-refractivity contribution in [2.24, 2.45) is 29.6 Å². The Kier molecular flexibility index (Phi) is 7.26. The Balaban J connectivity index is 1.29. The van der Waals surface area contributed by atoms with Crippen LogP contribution in [-0.2, 0) is 26.6 Å². The lowest BCUT2D eigenvalue weighted by atomic mass is 9.60. The third-order valence-corrected chi connectivity index (χ3v) is 12.8. The van der Waals surface area contributed by atoms with Gasteiger partial charge in [-0.15, -0.1) is 0 Å². The zero-order chi connectivity index (χ0) is 29.2. The van der Waals surface area contributed by atoms with Crippen LogP contribution in [0.3, 0.4) is 0 Å². The molecule has 42 heavy (non-hydrogen) atoms. The lowest BCUT2D eigenvalue weighted by molar-refractivity contribution is -0.0895. The molecule has 0 unspecified atom stereocenters. The first-order valence-electron chi connectivity index (χ1n) is 15.5. The molecule has 3 aliphatic heterocycles. The molecule has 4 bridgehead atoms. The zero-order valence-corrected chi connectivity index (χ0v) is 26.1. The van der Waals surface area contributed by atoms with Gasteiger partial charge in [0.25, 0.3) is 5.91 Å². The topological polar surface area (TPSA) is 84.9 Å². The maximum atomic E-state index is 13.3. The SMILES string of the molecule is CO[C@H]1C2CC(C2)[C@H](C)CS(=O)(=O)NC(=O)c2ccc3c(c2)N(C[C@@H]2CC[C@H]21)C[C@@]1(CCCc2cc(Cl)ccc21)CO3. The van der Waals surface area contributed by atoms with E-state index in [-0.39, 0.29) is 23.2 Å². The Morgan fingerprint density at radius 1 is 1.10 bits per heavy atom. The highest BCUT2D eigenvalue weighted by atomic mass is 35.5. The minimum absolute atomic E-state index is 0.0190. The number of nitrogens with one attached hydrogen (secondary N) is 1. The van der Waals surface area contributed by atoms with Crippen LogP contribution in [0, 0.1) is 29.6 Å². The maximum Gasteiger partial charge on any atom is 0.264 e. The number of hydrogen-bond acceptors (Lipinski definition) is 6. The Morgan fingerprint density at radius 2 is 1.93 bits per heavy atom. The van der Waals surface area contributed by atoms with Crippen LogP contribution in [0.4, 0.5) is 5.69 Å². The number of aryl methyl sites for hydroxylation is 1. The van der Waals surface area contributed by atoms with Gasteiger partial charge in [-0.2, -0.15) is 0 Å². The summed E-state index contributed by atoms with van der Waals surface area (Å²) >= 11 is 6.41. The van der Waals surface area contributed by atoms with Crippen molar-refractivity contribution in [3.05, 3.63) is 58.1 Å². The van der Waals surface area contributed by atoms with E-state index < -0.39 is 15.9 Å². The molecule has 7 nitrogen and oxygen atoms in total. The lowest BCUT2D eigenvalue weighted by Crippen LogP contribution is -2.52. The second kappa shape index (κ2) is 10.7. The van der Waals surface area contributed by atoms with Gasteiger partial charge in [-0.1, -0.05) is 24.6 Å². The summed E-state index contributed by atoms with van der Waals surface area (Å²) < 4.78 is 41.2. The standard InChI is InChI=1S/C33H41ClN2O5S/c1-20-17-42(38,39)35-32(37)22-6-10-30-29(15-22)36(16-23-5-8-27(23)31(40-2)25-12-24(20)13-25)18-33(19-41-30)11-3-4-21-14-26(34)7-9-28(21)33/h6-7,9-10,14-15,20,23-25,27,31H,3-5,8,11-13,16-19H2,1-2H3,(H,35,37)/t20-,23+,24?,25?,27-,31+,33+/m1/s1. The second-order valence-corrected chi connectivity index (χ2v) is 15.9. The molecule has 9 heteroatoms. The van der Waals surface area contributed by atoms with Crippen LogP contribution in [0.2, 0.25) is 5.02 Å². The van der Waals surface area contributed by atoms with E-state index in [1.807, 2.05) is 32.2 Å². The zero-order valence-electron chi connectivity index (χ0n) is 24.5. The number of halogens is 1. The van der Waals surface area contributed by atoms with Crippen molar-refractivity contribution in [2.75, 3.05) is 37.5 Å². The van der Waals surface area contributed by atoms with E-state index in [0.29, 0.717) is 35.8 Å². The molecule has 6 aliphatic rings. The molecule has 0 aromatic heterocycles. The van der Waals surface area contributed by atoms with Gasteiger partial charge in [0, 0.05) is 36.2 Å². The molecule has 5 atom stereocenters. The van der Waals surface area contributed by atoms with Crippen LogP contribution in [-0.4, -0.2) is 53.0 Å². The average molecular weight is 613 g/mol. The van der Waals surface area contributed by atoms with E-state index in [0.717, 1.165) is 74.5 Å². The van der Waals surface area contributed by atoms with E-state index >= 15 is 0 Å². The van der Waals surface area contributed by atoms with E-state index in [1.54, 1.807) is 6.07 Å². The fourth-order valence-corrected chi connectivity index (χ4v) is 10.3. The molecule has 0 saturated heterocycles. The molecule has 2 saturated carbocycles. The van der Waals surface area contributed by atoms with E-state index in [9.17, 15) is 13.2 Å². The Hall–Kier alpha value is -2.29. The summed E-state index contributed by atoms with van der Waals surface area (Å²) in [5, 5.41) is 0.759. The minimum atomic E-state index is -3.78. The first kappa shape index (κ1) is 28.5. The average Bonchev–Trinajstić information content (AvgIpc) is 3.05. The van der Waals surface area contributed by atoms with Gasteiger partial charge in [0.05, 0.1) is 24.2 Å². The van der Waals surface area contributed by atoms with Gasteiger partial charge in [-0.05, 0) is 116 Å². The van der Waals surface area contributed by atoms with Crippen LogP contribution in [0.15, 0.2) is 36.4 Å². The smallest absolute Gasteiger partial charge is 0.264 e. The maximum absolute atomic E-state index is 13.3. The van der Waals surface area contributed by atoms with Crippen molar-refractivity contribution in [2.45, 2.75) is 63.4 Å². The molecule has 3 heterocycles. The number of carbonyl (C=O) groups excluding carboxylic acids is 1. The number of amides is 1. The van der Waals surface area contributed by atoms with Gasteiger partial charge in [-0.25, -0.2) is 13.1 Å². The highest BCUT2D eigenvalue weighted by Crippen LogP contribution is 2.51. The van der Waals surface area contributed by atoms with Crippen LogP contribution >= 0.6 is 11.6 Å². The molecular weight excluding hydrogens is 572 g/mol. The fraction of sp³-hybridized carbons (Fsp3) is 0.606. The molecule has 2 fully saturated rings. The molecule has 2 aromatic carbocycles. The van der Waals surface area contributed by atoms with Gasteiger partial charge in [0.1, 0.15) is 5.75 Å². The number of nitrogens with zero attached hydrogens (tertiary/aromatic N) is 1. The number of hydrogen-bond donors (Lipinski definition) is 1. The Morgan fingerprint density at radius 3 is 2.69 bits per heavy atom. The molecule has 3 aliphatic carbocycles. The predicted octanol–water partition coefficient (Wildman–Crippen LogP) is 5.59. The summed E-state index contributed by atoms with van der Waals surface area (Å²) in [6, 6.07) is 11.6. The van der Waals surface area contributed by atoms with Gasteiger partial charge < -0.3 is 14.4 Å². The quantitative estimate of drug-likeness (QED) is 0.452. The van der Waals surface area contributed by atoms with Crippen molar-refractivity contribution in [3.8, 4) is 5.75 Å². The normalized spacial score (nSPS) is 35.4. The van der Waals surface area contributed by atoms with E-state index in [4.69, 9.17) is 21.1 Å². The number of benzene rings is 2. The highest BCUT2D eigenvalue weighted by Gasteiger charge is 2.48. The molecular formula is C33H41ClN2O5S. The molecule has 0 radical (unpaired) electrons. The number of ether oxygens (including phenoxy) is 2. The van der Waals surface area contributed by atoms with Gasteiger partial charge in [-0.3, -0.25) is 4.79 Å². The Bertz CT molecular complexity index is 1490. The molecule has 1 amide bonds. The van der Waals surface area contributed by atoms with Crippen LogP contribution < -0.4 is 14.4 Å². The number of anilines is 1. The highest BCUT2D eigenvalue weighted by molar-refractivity contribution is 7.90. The van der Waals surface area contributed by atoms with E-state index in [2.05, 4.69) is 21.8 Å². The molecule has 8 rings (SSSR count). The minimum Gasteiger partial charge on any atom is -0.490 e. The third-order valence-electron chi connectivity index (χ3n) is 11.1. The first-order chi connectivity index (χ1) is 20.1. The molecule has 226 valence electrons. The summed E-state index contributed by atoms with van der Waals surface area (Å²) in [4.78, 5) is 15.7. The van der Waals surface area contributed by atoms with Crippen LogP contribution in [0.25, 0.3) is 0 Å². The van der Waals surface area contributed by atoms with Crippen molar-refractivity contribution >= 4 is 33.2 Å². The predicted molar refractivity (Wildman–Crippen MR) is 164 cm³/mol. The lowest BCUT2D eigenvalue weighted by Gasteiger charge is -2.51. The number of sulfonamides is 1. The molecule has 2 aromatic rings. The van der Waals surface area contributed by atoms with Crippen molar-refractivity contribution in [1.29, 1.82) is 0 Å². The van der Waals surface area contributed by atoms with Crippen LogP contribution in [0.1, 0.15) is 66.9 Å². The van der Waals surface area contributed by atoms with Crippen molar-refractivity contribution in [1.82, 2.24) is 4.72 Å². The van der Waals surface area contributed by atoms with Gasteiger partial charge >= 0.3 is 0 Å². The number of rotatable bonds is 1. The Labute approximate surface area is 254 Å². The van der Waals surface area contributed by atoms with Gasteiger partial charge in [0.15, 0.2) is 0 Å². The second-order valence-electron chi connectivity index (χ2n) is 13.7. The number of carbonyl (C=O) groups is 1. The summed E-state index contributed by atoms with van der Waals surface area (Å²) in [7, 11) is -1.94. The fourth-order valence-electron chi connectivity index (χ4n) is 8.67. The van der Waals surface area contributed by atoms with E-state index in [1.165, 1.54) is 11.1 Å². The summed E-state index contributed by atoms with van der Waals surface area (Å²) in [6.45, 7) is 4.15.